The Kier molecular flexibility index (Phi) is 4.47. The highest BCUT2D eigenvalue weighted by atomic mass is 16.5. The Labute approximate surface area is 85.5 Å². The monoisotopic (exact) mass is 194 g/mol. The summed E-state index contributed by atoms with van der Waals surface area (Å²) in [4.78, 5) is 0. The van der Waals surface area contributed by atoms with Crippen molar-refractivity contribution in [3.8, 4) is 5.75 Å². The second-order valence-electron chi connectivity index (χ2n) is 3.60. The minimum atomic E-state index is 0.174. The normalized spacial score (nSPS) is 12.5. The minimum Gasteiger partial charge on any atom is -0.493 e. The van der Waals surface area contributed by atoms with Crippen LogP contribution in [0.1, 0.15) is 19.4 Å². The lowest BCUT2D eigenvalue weighted by Gasteiger charge is -2.10. The van der Waals surface area contributed by atoms with Crippen molar-refractivity contribution in [3.63, 3.8) is 0 Å². The minimum absolute atomic E-state index is 0.174. The summed E-state index contributed by atoms with van der Waals surface area (Å²) in [6.45, 7) is 4.83. The highest BCUT2D eigenvalue weighted by molar-refractivity contribution is 5.28. The maximum Gasteiger partial charge on any atom is 0.119 e. The molecule has 1 aromatic carbocycles. The molecule has 0 aliphatic heterocycles. The zero-order chi connectivity index (χ0) is 10.4. The van der Waals surface area contributed by atoms with Crippen LogP contribution < -0.4 is 4.74 Å². The van der Waals surface area contributed by atoms with E-state index in [1.54, 1.807) is 0 Å². The molecule has 0 aromatic heterocycles. The zero-order valence-corrected chi connectivity index (χ0v) is 8.86. The van der Waals surface area contributed by atoms with Gasteiger partial charge in [-0.2, -0.15) is 0 Å². The van der Waals surface area contributed by atoms with Crippen LogP contribution in [0.25, 0.3) is 0 Å². The van der Waals surface area contributed by atoms with E-state index >= 15 is 0 Å². The molecule has 1 rings (SSSR count). The average Bonchev–Trinajstić information content (AvgIpc) is 2.26. The molecule has 0 heterocycles. The van der Waals surface area contributed by atoms with E-state index in [1.807, 2.05) is 25.1 Å². The molecule has 0 amide bonds. The molecule has 78 valence electrons. The van der Waals surface area contributed by atoms with E-state index in [2.05, 4.69) is 13.0 Å². The Bertz CT molecular complexity index is 271. The third-order valence-corrected chi connectivity index (χ3v) is 2.15. The second-order valence-corrected chi connectivity index (χ2v) is 3.60. The summed E-state index contributed by atoms with van der Waals surface area (Å²) >= 11 is 0. The lowest BCUT2D eigenvalue weighted by molar-refractivity contribution is 0.174. The molecular formula is C12H18O2. The van der Waals surface area contributed by atoms with Crippen LogP contribution in [0.3, 0.4) is 0 Å². The molecule has 14 heavy (non-hydrogen) atoms. The van der Waals surface area contributed by atoms with E-state index in [4.69, 9.17) is 9.84 Å². The fraction of sp³-hybridized carbons (Fsp3) is 0.500. The molecule has 0 saturated carbocycles. The number of aliphatic hydroxyl groups is 1. The molecule has 0 aliphatic rings. The summed E-state index contributed by atoms with van der Waals surface area (Å²) in [6, 6.07) is 8.08. The molecule has 2 heteroatoms. The van der Waals surface area contributed by atoms with Crippen LogP contribution >= 0.6 is 0 Å². The Morgan fingerprint density at radius 2 is 2.21 bits per heavy atom. The molecule has 0 fully saturated rings. The standard InChI is InChI=1S/C12H18O2/c1-3-11-5-4-6-12(7-11)14-9-10(2)8-13/h4-7,10,13H,3,8-9H2,1-2H3. The van der Waals surface area contributed by atoms with Crippen molar-refractivity contribution < 1.29 is 9.84 Å². The third-order valence-electron chi connectivity index (χ3n) is 2.15. The highest BCUT2D eigenvalue weighted by Gasteiger charge is 2.01. The maximum absolute atomic E-state index is 8.83. The van der Waals surface area contributed by atoms with E-state index < -0.39 is 0 Å². The van der Waals surface area contributed by atoms with Crippen LogP contribution in [0.2, 0.25) is 0 Å². The van der Waals surface area contributed by atoms with Gasteiger partial charge in [0.05, 0.1) is 6.61 Å². The number of rotatable bonds is 5. The molecule has 1 N–H and O–H groups in total. The van der Waals surface area contributed by atoms with Gasteiger partial charge < -0.3 is 9.84 Å². The van der Waals surface area contributed by atoms with Gasteiger partial charge in [-0.3, -0.25) is 0 Å². The van der Waals surface area contributed by atoms with E-state index in [-0.39, 0.29) is 12.5 Å². The van der Waals surface area contributed by atoms with Crippen molar-refractivity contribution in [3.05, 3.63) is 29.8 Å². The van der Waals surface area contributed by atoms with Gasteiger partial charge in [-0.15, -0.1) is 0 Å². The first-order chi connectivity index (χ1) is 6.76. The van der Waals surface area contributed by atoms with Gasteiger partial charge in [0.25, 0.3) is 0 Å². The Morgan fingerprint density at radius 1 is 1.43 bits per heavy atom. The van der Waals surface area contributed by atoms with Crippen molar-refractivity contribution in [2.45, 2.75) is 20.3 Å². The van der Waals surface area contributed by atoms with Crippen molar-refractivity contribution in [2.24, 2.45) is 5.92 Å². The van der Waals surface area contributed by atoms with Gasteiger partial charge >= 0.3 is 0 Å². The van der Waals surface area contributed by atoms with Gasteiger partial charge in [0.1, 0.15) is 5.75 Å². The molecule has 0 bridgehead atoms. The topological polar surface area (TPSA) is 29.5 Å². The molecule has 0 spiro atoms. The van der Waals surface area contributed by atoms with Gasteiger partial charge in [-0.25, -0.2) is 0 Å². The first-order valence-electron chi connectivity index (χ1n) is 5.08. The number of hydrogen-bond acceptors (Lipinski definition) is 2. The number of benzene rings is 1. The van der Waals surface area contributed by atoms with Crippen molar-refractivity contribution in [2.75, 3.05) is 13.2 Å². The predicted molar refractivity (Wildman–Crippen MR) is 57.6 cm³/mol. The molecule has 1 aromatic rings. The second kappa shape index (κ2) is 5.66. The van der Waals surface area contributed by atoms with Gasteiger partial charge in [-0.05, 0) is 24.1 Å². The molecule has 0 saturated heterocycles. The Morgan fingerprint density at radius 3 is 2.86 bits per heavy atom. The van der Waals surface area contributed by atoms with Crippen LogP contribution in [-0.2, 0) is 6.42 Å². The van der Waals surface area contributed by atoms with Crippen LogP contribution in [-0.4, -0.2) is 18.3 Å². The summed E-state index contributed by atoms with van der Waals surface area (Å²) in [5.41, 5.74) is 1.28. The fourth-order valence-corrected chi connectivity index (χ4v) is 1.15. The van der Waals surface area contributed by atoms with E-state index in [1.165, 1.54) is 5.56 Å². The first kappa shape index (κ1) is 11.1. The summed E-state index contributed by atoms with van der Waals surface area (Å²) < 4.78 is 5.54. The Hall–Kier alpha value is -1.02. The van der Waals surface area contributed by atoms with Crippen molar-refractivity contribution in [1.82, 2.24) is 0 Å². The predicted octanol–water partition coefficient (Wildman–Crippen LogP) is 2.26. The molecular weight excluding hydrogens is 176 g/mol. The summed E-state index contributed by atoms with van der Waals surface area (Å²) in [5, 5.41) is 8.83. The van der Waals surface area contributed by atoms with Gasteiger partial charge in [0.15, 0.2) is 0 Å². The van der Waals surface area contributed by atoms with E-state index in [0.29, 0.717) is 6.61 Å². The number of aryl methyl sites for hydroxylation is 1. The summed E-state index contributed by atoms with van der Waals surface area (Å²) in [7, 11) is 0. The third kappa shape index (κ3) is 3.38. The molecule has 1 unspecified atom stereocenters. The highest BCUT2D eigenvalue weighted by Crippen LogP contribution is 2.14. The summed E-state index contributed by atoms with van der Waals surface area (Å²) in [5.74, 6) is 1.09. The number of aliphatic hydroxyl groups excluding tert-OH is 1. The number of ether oxygens (including phenoxy) is 1. The van der Waals surface area contributed by atoms with Crippen molar-refractivity contribution >= 4 is 0 Å². The van der Waals surface area contributed by atoms with Crippen LogP contribution in [0.5, 0.6) is 5.75 Å². The zero-order valence-electron chi connectivity index (χ0n) is 8.86. The summed E-state index contributed by atoms with van der Waals surface area (Å²) in [6.07, 6.45) is 1.02. The molecule has 2 nitrogen and oxygen atoms in total. The van der Waals surface area contributed by atoms with Crippen LogP contribution in [0.4, 0.5) is 0 Å². The maximum atomic E-state index is 8.83. The van der Waals surface area contributed by atoms with Crippen molar-refractivity contribution in [1.29, 1.82) is 0 Å². The van der Waals surface area contributed by atoms with Gasteiger partial charge in [-0.1, -0.05) is 26.0 Å². The molecule has 0 radical (unpaired) electrons. The van der Waals surface area contributed by atoms with Gasteiger partial charge in [0, 0.05) is 12.5 Å². The van der Waals surface area contributed by atoms with E-state index in [0.717, 1.165) is 12.2 Å². The van der Waals surface area contributed by atoms with Crippen LogP contribution in [0.15, 0.2) is 24.3 Å². The lowest BCUT2D eigenvalue weighted by Crippen LogP contribution is -2.12. The first-order valence-corrected chi connectivity index (χ1v) is 5.08. The molecule has 0 aliphatic carbocycles. The largest absolute Gasteiger partial charge is 0.493 e. The Balaban J connectivity index is 2.50. The lowest BCUT2D eigenvalue weighted by atomic mass is 10.1. The number of hydrogen-bond donors (Lipinski definition) is 1. The quantitative estimate of drug-likeness (QED) is 0.779. The van der Waals surface area contributed by atoms with Gasteiger partial charge in [0.2, 0.25) is 0 Å². The molecule has 1 atom stereocenters. The fourth-order valence-electron chi connectivity index (χ4n) is 1.15. The SMILES string of the molecule is CCc1cccc(OCC(C)CO)c1. The van der Waals surface area contributed by atoms with Crippen LogP contribution in [0, 0.1) is 5.92 Å². The smallest absolute Gasteiger partial charge is 0.119 e. The average molecular weight is 194 g/mol. The van der Waals surface area contributed by atoms with E-state index in [9.17, 15) is 0 Å².